The van der Waals surface area contributed by atoms with E-state index in [0.29, 0.717) is 0 Å². The number of carbonyl (C=O) groups is 2. The number of carboxylic acid groups (broad SMARTS) is 2. The van der Waals surface area contributed by atoms with Crippen molar-refractivity contribution in [2.75, 3.05) is 0 Å². The zero-order chi connectivity index (χ0) is 11.3. The quantitative estimate of drug-likeness (QED) is 0.464. The van der Waals surface area contributed by atoms with Crippen LogP contribution < -0.4 is 10.2 Å². The molecule has 0 aliphatic rings. The van der Waals surface area contributed by atoms with Crippen LogP contribution in [0.25, 0.3) is 0 Å². The van der Waals surface area contributed by atoms with Crippen LogP contribution in [0.1, 0.15) is 0 Å². The van der Waals surface area contributed by atoms with Crippen LogP contribution in [0, 0.1) is 0 Å². The second-order valence-electron chi connectivity index (χ2n) is 1.55. The van der Waals surface area contributed by atoms with Gasteiger partial charge in [0.2, 0.25) is 0 Å². The first-order valence-corrected chi connectivity index (χ1v) is 8.92. The summed E-state index contributed by atoms with van der Waals surface area (Å²) in [7, 11) is 0. The van der Waals surface area contributed by atoms with E-state index in [0.717, 1.165) is 12.2 Å². The van der Waals surface area contributed by atoms with Gasteiger partial charge >= 0.3 is 31.0 Å². The third kappa shape index (κ3) is 92.0. The van der Waals surface area contributed by atoms with Gasteiger partial charge < -0.3 is 19.8 Å². The van der Waals surface area contributed by atoms with E-state index in [4.69, 9.17) is 19.8 Å². The standard InChI is InChI=1S/2C3H4O2.2CH3.Sn/c2*1-2-3(4)5;;;/h2*2H,1H2,(H,4,5);2*1H3;/q;;;;+2/p-2. The molecule has 0 aliphatic carbocycles. The molecule has 0 N–H and O–H groups in total. The summed E-state index contributed by atoms with van der Waals surface area (Å²) < 4.78 is 0. The first-order valence-electron chi connectivity index (χ1n) is 3.21. The average Bonchev–Trinajstić information content (AvgIpc) is 2.07. The van der Waals surface area contributed by atoms with Gasteiger partial charge in [-0.05, 0) is 12.2 Å². The molecule has 0 aromatic heterocycles. The van der Waals surface area contributed by atoms with Crippen molar-refractivity contribution in [2.45, 2.75) is 9.88 Å². The summed E-state index contributed by atoms with van der Waals surface area (Å²) in [4.78, 5) is 22.9. The molecule has 0 radical (unpaired) electrons. The van der Waals surface area contributed by atoms with Gasteiger partial charge in [-0.3, -0.25) is 0 Å². The number of hydrogen-bond donors (Lipinski definition) is 0. The molecule has 0 spiro atoms. The van der Waals surface area contributed by atoms with Gasteiger partial charge in [-0.2, -0.15) is 0 Å². The Bertz CT molecular complexity index is 148. The fourth-order valence-electron chi connectivity index (χ4n) is 0. The Kier molecular flexibility index (Phi) is 24.1. The van der Waals surface area contributed by atoms with Gasteiger partial charge in [0.25, 0.3) is 0 Å². The Labute approximate surface area is 88.2 Å². The summed E-state index contributed by atoms with van der Waals surface area (Å²) in [6.45, 7) is 5.80. The van der Waals surface area contributed by atoms with Crippen LogP contribution in [0.4, 0.5) is 0 Å². The van der Waals surface area contributed by atoms with Gasteiger partial charge in [0, 0.05) is 0 Å². The molecular weight excluding hydrogens is 279 g/mol. The van der Waals surface area contributed by atoms with Gasteiger partial charge in [-0.15, -0.1) is 0 Å². The van der Waals surface area contributed by atoms with E-state index in [1.165, 1.54) is 0 Å². The van der Waals surface area contributed by atoms with E-state index in [9.17, 15) is 0 Å². The fourth-order valence-corrected chi connectivity index (χ4v) is 0. The molecule has 0 unspecified atom stereocenters. The third-order valence-corrected chi connectivity index (χ3v) is 0.333. The molecule has 72 valence electrons. The van der Waals surface area contributed by atoms with E-state index < -0.39 is 11.9 Å². The molecule has 0 aliphatic heterocycles. The molecule has 0 aromatic rings. The zero-order valence-corrected chi connectivity index (χ0v) is 10.6. The van der Waals surface area contributed by atoms with Crippen LogP contribution in [0.2, 0.25) is 9.88 Å². The molecule has 0 bridgehead atoms. The molecule has 0 atom stereocenters. The van der Waals surface area contributed by atoms with Gasteiger partial charge in [0.1, 0.15) is 0 Å². The van der Waals surface area contributed by atoms with Crippen LogP contribution in [0.3, 0.4) is 0 Å². The van der Waals surface area contributed by atoms with Crippen molar-refractivity contribution in [3.05, 3.63) is 25.3 Å². The van der Waals surface area contributed by atoms with Gasteiger partial charge in [0.05, 0.1) is 11.9 Å². The molecule has 0 saturated carbocycles. The summed E-state index contributed by atoms with van der Waals surface area (Å²) in [5.74, 6) is -2.46. The average molecular weight is 291 g/mol. The van der Waals surface area contributed by atoms with Crippen LogP contribution in [-0.2, 0) is 9.59 Å². The topological polar surface area (TPSA) is 80.3 Å². The van der Waals surface area contributed by atoms with Crippen molar-refractivity contribution >= 4 is 33.1 Å². The maximum atomic E-state index is 9.14. The minimum absolute atomic E-state index is 0.230. The Morgan fingerprint density at radius 3 is 1.15 bits per heavy atom. The Morgan fingerprint density at radius 2 is 1.15 bits per heavy atom. The monoisotopic (exact) mass is 292 g/mol. The second kappa shape index (κ2) is 17.3. The van der Waals surface area contributed by atoms with Crippen LogP contribution in [0.15, 0.2) is 25.3 Å². The molecule has 0 aromatic carbocycles. The molecule has 0 rings (SSSR count). The molecule has 0 fully saturated rings. The second-order valence-corrected chi connectivity index (χ2v) is 4.40. The van der Waals surface area contributed by atoms with E-state index in [1.807, 2.05) is 0 Å². The summed E-state index contributed by atoms with van der Waals surface area (Å²) in [6.07, 6.45) is 1.44. The Hall–Kier alpha value is -0.781. The summed E-state index contributed by atoms with van der Waals surface area (Å²) in [5.41, 5.74) is 0. The van der Waals surface area contributed by atoms with E-state index >= 15 is 0 Å². The summed E-state index contributed by atoms with van der Waals surface area (Å²) in [6, 6.07) is 0. The SMILES string of the molecule is C=CC(=O)[O-].C=CC(=O)[O-].[CH3][Sn+2][CH3]. The first kappa shape index (κ1) is 18.1. The molecular formula is C8H12O4Sn. The van der Waals surface area contributed by atoms with Crippen molar-refractivity contribution in [1.29, 1.82) is 0 Å². The molecule has 0 saturated heterocycles. The number of carbonyl (C=O) groups excluding carboxylic acids is 2. The third-order valence-electron chi connectivity index (χ3n) is 0.333. The number of carboxylic acids is 2. The number of rotatable bonds is 2. The van der Waals surface area contributed by atoms with Crippen molar-refractivity contribution in [2.24, 2.45) is 0 Å². The molecule has 13 heavy (non-hydrogen) atoms. The van der Waals surface area contributed by atoms with Crippen molar-refractivity contribution in [3.8, 4) is 0 Å². The summed E-state index contributed by atoms with van der Waals surface area (Å²) >= 11 is 0.230. The normalized spacial score (nSPS) is 5.69. The number of aliphatic carboxylic acids is 2. The Balaban J connectivity index is -0.000000120. The summed E-state index contributed by atoms with van der Waals surface area (Å²) in [5, 5.41) is 18.3. The molecule has 0 heterocycles. The van der Waals surface area contributed by atoms with E-state index in [1.54, 1.807) is 0 Å². The zero-order valence-electron chi connectivity index (χ0n) is 7.70. The van der Waals surface area contributed by atoms with Crippen molar-refractivity contribution in [3.63, 3.8) is 0 Å². The van der Waals surface area contributed by atoms with E-state index in [2.05, 4.69) is 23.0 Å². The van der Waals surface area contributed by atoms with Crippen LogP contribution in [0.5, 0.6) is 0 Å². The molecule has 0 amide bonds. The fraction of sp³-hybridized carbons (Fsp3) is 0.250. The maximum absolute atomic E-state index is 9.14. The Morgan fingerprint density at radius 1 is 1.08 bits per heavy atom. The predicted octanol–water partition coefficient (Wildman–Crippen LogP) is -1.37. The first-order chi connectivity index (χ1) is 5.95. The van der Waals surface area contributed by atoms with Crippen LogP contribution in [-0.4, -0.2) is 33.1 Å². The number of hydrogen-bond acceptors (Lipinski definition) is 4. The van der Waals surface area contributed by atoms with Gasteiger partial charge in [-0.25, -0.2) is 0 Å². The molecule has 5 heteroatoms. The minimum atomic E-state index is -1.23. The van der Waals surface area contributed by atoms with Crippen LogP contribution >= 0.6 is 0 Å². The van der Waals surface area contributed by atoms with Crippen molar-refractivity contribution in [1.82, 2.24) is 0 Å². The van der Waals surface area contributed by atoms with Crippen molar-refractivity contribution < 1.29 is 19.8 Å². The molecule has 4 nitrogen and oxygen atoms in total. The predicted molar refractivity (Wildman–Crippen MR) is 47.9 cm³/mol. The van der Waals surface area contributed by atoms with Gasteiger partial charge in [0.15, 0.2) is 0 Å². The van der Waals surface area contributed by atoms with Gasteiger partial charge in [-0.1, -0.05) is 13.2 Å². The van der Waals surface area contributed by atoms with E-state index in [-0.39, 0.29) is 21.1 Å².